The van der Waals surface area contributed by atoms with Crippen LogP contribution in [0.25, 0.3) is 116 Å². The Hall–Kier alpha value is -8.61. The molecule has 0 saturated heterocycles. The Balaban J connectivity index is 0.983. The van der Waals surface area contributed by atoms with E-state index >= 15 is 0 Å². The molecule has 6 aromatic heterocycles. The summed E-state index contributed by atoms with van der Waals surface area (Å²) in [6.45, 7) is 0. The molecule has 0 spiro atoms. The van der Waals surface area contributed by atoms with E-state index in [0.717, 1.165) is 94.8 Å². The maximum atomic E-state index is 5.39. The van der Waals surface area contributed by atoms with E-state index in [9.17, 15) is 0 Å². The molecule has 7 aromatic carbocycles. The maximum Gasteiger partial charge on any atom is 0.138 e. The molecule has 0 bridgehead atoms. The SMILES string of the molecule is c1ccc(-c2cc(-c3ccccc3)nc(-n3c4ccccc4c4ccc(-c5ccc6c(c5)c5ccccc5n6-c5cccc(-n6c7cccnc7c7ncccc76)c5)cc43)c2)cc1. The first-order chi connectivity index (χ1) is 31.2. The predicted octanol–water partition coefficient (Wildman–Crippen LogP) is 14.2. The van der Waals surface area contributed by atoms with Crippen LogP contribution < -0.4 is 0 Å². The lowest BCUT2D eigenvalue weighted by molar-refractivity contribution is 1.08. The van der Waals surface area contributed by atoms with Crippen LogP contribution in [0, 0.1) is 0 Å². The molecule has 13 rings (SSSR count). The van der Waals surface area contributed by atoms with Crippen LogP contribution in [0.2, 0.25) is 0 Å². The third-order valence-electron chi connectivity index (χ3n) is 12.5. The Morgan fingerprint density at radius 3 is 1.54 bits per heavy atom. The summed E-state index contributed by atoms with van der Waals surface area (Å²) in [5.74, 6) is 0.882. The lowest BCUT2D eigenvalue weighted by Gasteiger charge is -2.13. The quantitative estimate of drug-likeness (QED) is 0.168. The van der Waals surface area contributed by atoms with E-state index in [1.807, 2.05) is 24.5 Å². The summed E-state index contributed by atoms with van der Waals surface area (Å²) >= 11 is 0. The summed E-state index contributed by atoms with van der Waals surface area (Å²) in [5, 5.41) is 4.79. The second-order valence-electron chi connectivity index (χ2n) is 16.1. The smallest absolute Gasteiger partial charge is 0.138 e. The van der Waals surface area contributed by atoms with E-state index in [-0.39, 0.29) is 0 Å². The summed E-state index contributed by atoms with van der Waals surface area (Å²) < 4.78 is 7.00. The summed E-state index contributed by atoms with van der Waals surface area (Å²) in [7, 11) is 0. The largest absolute Gasteiger partial charge is 0.309 e. The van der Waals surface area contributed by atoms with Crippen molar-refractivity contribution in [2.75, 3.05) is 0 Å². The minimum Gasteiger partial charge on any atom is -0.309 e. The molecule has 294 valence electrons. The molecule has 6 nitrogen and oxygen atoms in total. The van der Waals surface area contributed by atoms with E-state index in [2.05, 4.69) is 208 Å². The van der Waals surface area contributed by atoms with Crippen LogP contribution in [0.15, 0.2) is 219 Å². The van der Waals surface area contributed by atoms with Crippen LogP contribution in [-0.4, -0.2) is 28.7 Å². The van der Waals surface area contributed by atoms with Gasteiger partial charge in [0.05, 0.1) is 38.8 Å². The van der Waals surface area contributed by atoms with E-state index in [4.69, 9.17) is 15.0 Å². The van der Waals surface area contributed by atoms with Crippen molar-refractivity contribution < 1.29 is 0 Å². The predicted molar refractivity (Wildman–Crippen MR) is 259 cm³/mol. The molecule has 0 unspecified atom stereocenters. The summed E-state index contributed by atoms with van der Waals surface area (Å²) in [5.41, 5.74) is 17.1. The van der Waals surface area contributed by atoms with Crippen molar-refractivity contribution >= 4 is 65.7 Å². The normalized spacial score (nSPS) is 11.8. The van der Waals surface area contributed by atoms with E-state index < -0.39 is 0 Å². The Bertz CT molecular complexity index is 3800. The lowest BCUT2D eigenvalue weighted by Crippen LogP contribution is -2.00. The number of benzene rings is 7. The molecule has 13 aromatic rings. The van der Waals surface area contributed by atoms with E-state index in [1.165, 1.54) is 21.5 Å². The van der Waals surface area contributed by atoms with Crippen molar-refractivity contribution in [2.24, 2.45) is 0 Å². The molecule has 63 heavy (non-hydrogen) atoms. The minimum absolute atomic E-state index is 0.882. The fraction of sp³-hybridized carbons (Fsp3) is 0. The van der Waals surface area contributed by atoms with Crippen molar-refractivity contribution in [3.05, 3.63) is 219 Å². The molecular weight excluding hydrogens is 769 g/mol. The number of aromatic nitrogens is 6. The lowest BCUT2D eigenvalue weighted by atomic mass is 10.0. The highest BCUT2D eigenvalue weighted by Crippen LogP contribution is 2.40. The van der Waals surface area contributed by atoms with Gasteiger partial charge < -0.3 is 9.13 Å². The van der Waals surface area contributed by atoms with Gasteiger partial charge in [-0.2, -0.15) is 0 Å². The molecule has 6 heteroatoms. The highest BCUT2D eigenvalue weighted by molar-refractivity contribution is 6.12. The van der Waals surface area contributed by atoms with Gasteiger partial charge in [-0.3, -0.25) is 14.5 Å². The van der Waals surface area contributed by atoms with E-state index in [1.54, 1.807) is 0 Å². The minimum atomic E-state index is 0.882. The standard InChI is InChI=1S/C57H36N6/c1-3-14-37(15-4-1)41-33-48(38-16-5-2-6-17-38)60-55(35-41)63-50-23-10-7-20-44(50)46-28-26-40(34-54(46)63)39-27-29-51-47(32-39)45-21-8-9-22-49(45)61(51)42-18-11-19-43(36-42)62-52-24-12-30-58-56(52)57-53(62)25-13-31-59-57/h1-36H. The first kappa shape index (κ1) is 35.2. The number of nitrogens with zero attached hydrogens (tertiary/aromatic N) is 6. The number of fused-ring (bicyclic) bond motifs is 9. The zero-order chi connectivity index (χ0) is 41.4. The van der Waals surface area contributed by atoms with Gasteiger partial charge in [-0.05, 0) is 107 Å². The molecule has 0 aliphatic heterocycles. The first-order valence-corrected chi connectivity index (χ1v) is 21.3. The zero-order valence-corrected chi connectivity index (χ0v) is 34.0. The molecule has 0 amide bonds. The second kappa shape index (κ2) is 14.0. The number of hydrogen-bond donors (Lipinski definition) is 0. The van der Waals surface area contributed by atoms with Gasteiger partial charge in [-0.15, -0.1) is 0 Å². The fourth-order valence-corrected chi connectivity index (χ4v) is 9.71. The van der Waals surface area contributed by atoms with Crippen LogP contribution in [0.4, 0.5) is 0 Å². The van der Waals surface area contributed by atoms with Crippen molar-refractivity contribution in [1.82, 2.24) is 28.7 Å². The molecule has 0 atom stereocenters. The van der Waals surface area contributed by atoms with Gasteiger partial charge in [0.15, 0.2) is 0 Å². The molecular formula is C57H36N6. The highest BCUT2D eigenvalue weighted by Gasteiger charge is 2.19. The van der Waals surface area contributed by atoms with Crippen molar-refractivity contribution in [2.45, 2.75) is 0 Å². The third-order valence-corrected chi connectivity index (χ3v) is 12.5. The van der Waals surface area contributed by atoms with Crippen LogP contribution >= 0.6 is 0 Å². The van der Waals surface area contributed by atoms with Gasteiger partial charge in [-0.25, -0.2) is 4.98 Å². The Morgan fingerprint density at radius 1 is 0.286 bits per heavy atom. The van der Waals surface area contributed by atoms with Gasteiger partial charge in [0, 0.05) is 50.9 Å². The van der Waals surface area contributed by atoms with Gasteiger partial charge in [0.2, 0.25) is 0 Å². The van der Waals surface area contributed by atoms with Crippen molar-refractivity contribution in [3.63, 3.8) is 0 Å². The summed E-state index contributed by atoms with van der Waals surface area (Å²) in [6.07, 6.45) is 3.68. The van der Waals surface area contributed by atoms with Crippen LogP contribution in [0.5, 0.6) is 0 Å². The zero-order valence-electron chi connectivity index (χ0n) is 34.0. The molecule has 0 fully saturated rings. The molecule has 0 aliphatic carbocycles. The number of para-hydroxylation sites is 2. The molecule has 0 radical (unpaired) electrons. The Morgan fingerprint density at radius 2 is 0.825 bits per heavy atom. The third kappa shape index (κ3) is 5.55. The Kier molecular flexibility index (Phi) is 7.80. The van der Waals surface area contributed by atoms with Crippen molar-refractivity contribution in [3.8, 4) is 50.7 Å². The molecule has 0 aliphatic rings. The summed E-state index contributed by atoms with van der Waals surface area (Å²) in [4.78, 5) is 14.8. The van der Waals surface area contributed by atoms with Gasteiger partial charge in [0.1, 0.15) is 16.9 Å². The van der Waals surface area contributed by atoms with Gasteiger partial charge in [-0.1, -0.05) is 121 Å². The number of hydrogen-bond acceptors (Lipinski definition) is 3. The van der Waals surface area contributed by atoms with Crippen LogP contribution in [0.1, 0.15) is 0 Å². The number of rotatable bonds is 6. The van der Waals surface area contributed by atoms with Gasteiger partial charge >= 0.3 is 0 Å². The fourth-order valence-electron chi connectivity index (χ4n) is 9.71. The van der Waals surface area contributed by atoms with Crippen LogP contribution in [-0.2, 0) is 0 Å². The molecule has 6 heterocycles. The maximum absolute atomic E-state index is 5.39. The van der Waals surface area contributed by atoms with Crippen LogP contribution in [0.3, 0.4) is 0 Å². The molecule has 0 saturated carbocycles. The van der Waals surface area contributed by atoms with E-state index in [0.29, 0.717) is 0 Å². The average Bonchev–Trinajstić information content (AvgIpc) is 4.00. The molecule has 0 N–H and O–H groups in total. The summed E-state index contributed by atoms with van der Waals surface area (Å²) in [6, 6.07) is 73.7. The van der Waals surface area contributed by atoms with Gasteiger partial charge in [0.25, 0.3) is 0 Å². The van der Waals surface area contributed by atoms with Crippen molar-refractivity contribution in [1.29, 1.82) is 0 Å². The average molecular weight is 805 g/mol. The monoisotopic (exact) mass is 804 g/mol. The first-order valence-electron chi connectivity index (χ1n) is 21.3. The Labute approximate surface area is 362 Å². The highest BCUT2D eigenvalue weighted by atomic mass is 15.1. The second-order valence-corrected chi connectivity index (χ2v) is 16.1. The topological polar surface area (TPSA) is 53.5 Å². The number of pyridine rings is 3.